The number of rotatable bonds is 3. The Balaban J connectivity index is 0.00000324. The van der Waals surface area contributed by atoms with Gasteiger partial charge >= 0.3 is 12.1 Å². The third-order valence-corrected chi connectivity index (χ3v) is 2.73. The molecule has 0 saturated carbocycles. The lowest BCUT2D eigenvalue weighted by atomic mass is 9.96. The Morgan fingerprint density at radius 3 is 1.58 bits per heavy atom. The molecular weight excluding hydrogens is 289 g/mol. The summed E-state index contributed by atoms with van der Waals surface area (Å²) in [7, 11) is 0. The smallest absolute Gasteiger partial charge is 0.319 e. The molecule has 0 aromatic heterocycles. The van der Waals surface area contributed by atoms with Crippen LogP contribution >= 0.6 is 12.4 Å². The summed E-state index contributed by atoms with van der Waals surface area (Å²) in [6.07, 6.45) is -5.65. The number of nitrogens with two attached hydrogens (primary N) is 1. The molecule has 7 heteroatoms. The molecule has 0 aliphatic rings. The van der Waals surface area contributed by atoms with E-state index in [1.54, 1.807) is 0 Å². The molecule has 0 amide bonds. The summed E-state index contributed by atoms with van der Waals surface area (Å²) in [5.41, 5.74) is 5.63. The first kappa shape index (κ1) is 18.1. The topological polar surface area (TPSA) is 26.0 Å². The SMILES string of the molecule is CC(C)c1ccc([C@H](N)C(F)(F)C(F)(F)F)cc1.Cl. The molecule has 2 N–H and O–H groups in total. The highest BCUT2D eigenvalue weighted by Gasteiger charge is 2.61. The van der Waals surface area contributed by atoms with Crippen molar-refractivity contribution >= 4 is 12.4 Å². The van der Waals surface area contributed by atoms with Gasteiger partial charge in [0.15, 0.2) is 0 Å². The van der Waals surface area contributed by atoms with E-state index in [1.165, 1.54) is 24.3 Å². The zero-order valence-electron chi connectivity index (χ0n) is 10.3. The van der Waals surface area contributed by atoms with Gasteiger partial charge in [0.05, 0.1) is 0 Å². The molecule has 0 aliphatic carbocycles. The van der Waals surface area contributed by atoms with Gasteiger partial charge in [-0.05, 0) is 17.0 Å². The van der Waals surface area contributed by atoms with Crippen LogP contribution in [-0.2, 0) is 0 Å². The van der Waals surface area contributed by atoms with Gasteiger partial charge in [0.25, 0.3) is 0 Å². The Bertz CT molecular complexity index is 400. The van der Waals surface area contributed by atoms with Crippen LogP contribution in [0, 0.1) is 0 Å². The molecule has 0 saturated heterocycles. The minimum absolute atomic E-state index is 0. The molecule has 1 nitrogen and oxygen atoms in total. The molecule has 0 radical (unpaired) electrons. The monoisotopic (exact) mass is 303 g/mol. The zero-order chi connectivity index (χ0) is 14.1. The standard InChI is InChI=1S/C12H14F5N.ClH/c1-7(2)8-3-5-9(6-4-8)10(18)11(13,14)12(15,16)17;/h3-7,10H,18H2,1-2H3;1H/t10-;/m0./s1. The van der Waals surface area contributed by atoms with Crippen LogP contribution in [0.25, 0.3) is 0 Å². The molecule has 0 fully saturated rings. The van der Waals surface area contributed by atoms with Crippen molar-refractivity contribution in [1.82, 2.24) is 0 Å². The van der Waals surface area contributed by atoms with Crippen molar-refractivity contribution in [3.63, 3.8) is 0 Å². The normalized spacial score (nSPS) is 14.2. The fourth-order valence-corrected chi connectivity index (χ4v) is 1.47. The van der Waals surface area contributed by atoms with E-state index in [4.69, 9.17) is 5.73 Å². The Kier molecular flexibility index (Phi) is 5.77. The van der Waals surface area contributed by atoms with Gasteiger partial charge in [0, 0.05) is 0 Å². The van der Waals surface area contributed by atoms with Gasteiger partial charge in [0.1, 0.15) is 6.04 Å². The third kappa shape index (κ3) is 3.79. The Labute approximate surface area is 114 Å². The van der Waals surface area contributed by atoms with E-state index >= 15 is 0 Å². The van der Waals surface area contributed by atoms with E-state index in [2.05, 4.69) is 0 Å². The lowest BCUT2D eigenvalue weighted by molar-refractivity contribution is -0.291. The van der Waals surface area contributed by atoms with Gasteiger partial charge < -0.3 is 5.73 Å². The molecule has 0 spiro atoms. The number of alkyl halides is 5. The average Bonchev–Trinajstić information content (AvgIpc) is 2.26. The molecule has 19 heavy (non-hydrogen) atoms. The Morgan fingerprint density at radius 1 is 0.895 bits per heavy atom. The molecule has 0 aliphatic heterocycles. The molecule has 110 valence electrons. The van der Waals surface area contributed by atoms with Crippen molar-refractivity contribution in [3.8, 4) is 0 Å². The van der Waals surface area contributed by atoms with Crippen molar-refractivity contribution in [2.24, 2.45) is 5.73 Å². The third-order valence-electron chi connectivity index (χ3n) is 2.73. The quantitative estimate of drug-likeness (QED) is 0.821. The lowest BCUT2D eigenvalue weighted by Crippen LogP contribution is -2.45. The van der Waals surface area contributed by atoms with Gasteiger partial charge in [-0.2, -0.15) is 22.0 Å². The van der Waals surface area contributed by atoms with Crippen LogP contribution in [0.3, 0.4) is 0 Å². The van der Waals surface area contributed by atoms with Crippen LogP contribution in [-0.4, -0.2) is 12.1 Å². The van der Waals surface area contributed by atoms with E-state index in [0.717, 1.165) is 5.56 Å². The van der Waals surface area contributed by atoms with Crippen molar-refractivity contribution in [3.05, 3.63) is 35.4 Å². The van der Waals surface area contributed by atoms with E-state index < -0.39 is 18.1 Å². The van der Waals surface area contributed by atoms with E-state index in [9.17, 15) is 22.0 Å². The first-order valence-corrected chi connectivity index (χ1v) is 5.37. The Hall–Kier alpha value is -0.880. The highest BCUT2D eigenvalue weighted by Crippen LogP contribution is 2.43. The summed E-state index contributed by atoms with van der Waals surface area (Å²) in [6, 6.07) is 3.04. The van der Waals surface area contributed by atoms with Crippen LogP contribution in [0.1, 0.15) is 36.9 Å². The summed E-state index contributed by atoms with van der Waals surface area (Å²) < 4.78 is 62.5. The second-order valence-corrected chi connectivity index (χ2v) is 4.42. The minimum Gasteiger partial charge on any atom is -0.319 e. The number of halogens is 6. The largest absolute Gasteiger partial charge is 0.455 e. The summed E-state index contributed by atoms with van der Waals surface area (Å²) in [4.78, 5) is 0. The number of benzene rings is 1. The Morgan fingerprint density at radius 2 is 1.26 bits per heavy atom. The van der Waals surface area contributed by atoms with Gasteiger partial charge in [0.2, 0.25) is 0 Å². The van der Waals surface area contributed by atoms with Crippen molar-refractivity contribution in [1.29, 1.82) is 0 Å². The van der Waals surface area contributed by atoms with E-state index in [-0.39, 0.29) is 23.9 Å². The summed E-state index contributed by atoms with van der Waals surface area (Å²) in [5.74, 6) is -4.77. The fraction of sp³-hybridized carbons (Fsp3) is 0.500. The fourth-order valence-electron chi connectivity index (χ4n) is 1.47. The summed E-state index contributed by atoms with van der Waals surface area (Å²) >= 11 is 0. The molecular formula is C12H15ClF5N. The second-order valence-electron chi connectivity index (χ2n) is 4.42. The van der Waals surface area contributed by atoms with Crippen LogP contribution in [0.4, 0.5) is 22.0 Å². The van der Waals surface area contributed by atoms with Gasteiger partial charge in [-0.3, -0.25) is 0 Å². The van der Waals surface area contributed by atoms with Crippen LogP contribution in [0.5, 0.6) is 0 Å². The van der Waals surface area contributed by atoms with Gasteiger partial charge in [-0.25, -0.2) is 0 Å². The predicted octanol–water partition coefficient (Wildman–Crippen LogP) is 4.43. The molecule has 0 heterocycles. The van der Waals surface area contributed by atoms with Crippen LogP contribution < -0.4 is 5.73 Å². The molecule has 0 bridgehead atoms. The summed E-state index contributed by atoms with van der Waals surface area (Å²) in [6.45, 7) is 3.78. The van der Waals surface area contributed by atoms with Gasteiger partial charge in [-0.1, -0.05) is 38.1 Å². The maximum absolute atomic E-state index is 13.0. The van der Waals surface area contributed by atoms with Crippen molar-refractivity contribution < 1.29 is 22.0 Å². The van der Waals surface area contributed by atoms with Crippen LogP contribution in [0.2, 0.25) is 0 Å². The van der Waals surface area contributed by atoms with Crippen molar-refractivity contribution in [2.45, 2.75) is 37.9 Å². The number of hydrogen-bond donors (Lipinski definition) is 1. The maximum atomic E-state index is 13.0. The molecule has 1 aromatic rings. The lowest BCUT2D eigenvalue weighted by Gasteiger charge is -2.26. The van der Waals surface area contributed by atoms with Crippen LogP contribution in [0.15, 0.2) is 24.3 Å². The van der Waals surface area contributed by atoms with Gasteiger partial charge in [-0.15, -0.1) is 12.4 Å². The molecule has 0 unspecified atom stereocenters. The molecule has 1 rings (SSSR count). The van der Waals surface area contributed by atoms with Crippen molar-refractivity contribution in [2.75, 3.05) is 0 Å². The maximum Gasteiger partial charge on any atom is 0.455 e. The zero-order valence-corrected chi connectivity index (χ0v) is 11.2. The first-order chi connectivity index (χ1) is 8.07. The summed E-state index contributed by atoms with van der Waals surface area (Å²) in [5, 5.41) is 0. The second kappa shape index (κ2) is 6.05. The highest BCUT2D eigenvalue weighted by molar-refractivity contribution is 5.85. The highest BCUT2D eigenvalue weighted by atomic mass is 35.5. The molecule has 1 atom stereocenters. The minimum atomic E-state index is -5.65. The predicted molar refractivity (Wildman–Crippen MR) is 65.7 cm³/mol. The first-order valence-electron chi connectivity index (χ1n) is 5.37. The number of hydrogen-bond acceptors (Lipinski definition) is 1. The van der Waals surface area contributed by atoms with E-state index in [0.29, 0.717) is 0 Å². The average molecular weight is 304 g/mol. The van der Waals surface area contributed by atoms with E-state index in [1.807, 2.05) is 13.8 Å². The molecule has 1 aromatic carbocycles.